The van der Waals surface area contributed by atoms with Gasteiger partial charge in [0.1, 0.15) is 0 Å². The van der Waals surface area contributed by atoms with Gasteiger partial charge in [0.15, 0.2) is 0 Å². The van der Waals surface area contributed by atoms with Gasteiger partial charge in [0.05, 0.1) is 5.69 Å². The zero-order valence-electron chi connectivity index (χ0n) is 11.9. The van der Waals surface area contributed by atoms with E-state index in [9.17, 15) is 0 Å². The molecule has 1 aromatic carbocycles. The molecule has 2 aromatic rings. The van der Waals surface area contributed by atoms with E-state index in [2.05, 4.69) is 46.8 Å². The van der Waals surface area contributed by atoms with E-state index >= 15 is 0 Å². The van der Waals surface area contributed by atoms with Crippen molar-refractivity contribution >= 4 is 5.69 Å². The van der Waals surface area contributed by atoms with Crippen molar-refractivity contribution < 1.29 is 0 Å². The van der Waals surface area contributed by atoms with E-state index in [1.807, 2.05) is 18.3 Å². The SMILES string of the molecule is C[C@@H](NCc1cccc2c1NCCC2)c1ccccn1. The van der Waals surface area contributed by atoms with Gasteiger partial charge in [0.2, 0.25) is 0 Å². The van der Waals surface area contributed by atoms with Crippen LogP contribution in [-0.2, 0) is 13.0 Å². The number of aryl methyl sites for hydroxylation is 1. The maximum absolute atomic E-state index is 4.40. The second-order valence-corrected chi connectivity index (χ2v) is 5.34. The average molecular weight is 267 g/mol. The Morgan fingerprint density at radius 1 is 1.25 bits per heavy atom. The lowest BCUT2D eigenvalue weighted by atomic mass is 9.99. The number of hydrogen-bond acceptors (Lipinski definition) is 3. The van der Waals surface area contributed by atoms with E-state index in [0.29, 0.717) is 0 Å². The zero-order valence-corrected chi connectivity index (χ0v) is 11.9. The standard InChI is InChI=1S/C17H21N3/c1-13(16-9-2-3-10-18-16)20-12-15-7-4-6-14-8-5-11-19-17(14)15/h2-4,6-7,9-10,13,19-20H,5,8,11-12H2,1H3/t13-/m1/s1. The number of para-hydroxylation sites is 1. The van der Waals surface area contributed by atoms with Crippen molar-refractivity contribution in [3.8, 4) is 0 Å². The summed E-state index contributed by atoms with van der Waals surface area (Å²) in [6.45, 7) is 4.11. The van der Waals surface area contributed by atoms with E-state index in [1.165, 1.54) is 29.7 Å². The predicted molar refractivity (Wildman–Crippen MR) is 82.7 cm³/mol. The Kier molecular flexibility index (Phi) is 3.97. The maximum atomic E-state index is 4.40. The highest BCUT2D eigenvalue weighted by atomic mass is 14.9. The molecule has 3 nitrogen and oxygen atoms in total. The smallest absolute Gasteiger partial charge is 0.0570 e. The summed E-state index contributed by atoms with van der Waals surface area (Å²) >= 11 is 0. The summed E-state index contributed by atoms with van der Waals surface area (Å²) in [6.07, 6.45) is 4.26. The quantitative estimate of drug-likeness (QED) is 0.892. The van der Waals surface area contributed by atoms with Crippen LogP contribution in [0.4, 0.5) is 5.69 Å². The number of fused-ring (bicyclic) bond motifs is 1. The van der Waals surface area contributed by atoms with Crippen LogP contribution in [0.5, 0.6) is 0 Å². The number of pyridine rings is 1. The lowest BCUT2D eigenvalue weighted by Crippen LogP contribution is -2.21. The molecule has 1 atom stereocenters. The Hall–Kier alpha value is -1.87. The fourth-order valence-electron chi connectivity index (χ4n) is 2.73. The largest absolute Gasteiger partial charge is 0.385 e. The summed E-state index contributed by atoms with van der Waals surface area (Å²) in [4.78, 5) is 4.40. The molecule has 2 heterocycles. The van der Waals surface area contributed by atoms with Crippen molar-refractivity contribution in [1.82, 2.24) is 10.3 Å². The molecule has 2 N–H and O–H groups in total. The minimum absolute atomic E-state index is 0.260. The van der Waals surface area contributed by atoms with Crippen molar-refractivity contribution in [2.75, 3.05) is 11.9 Å². The van der Waals surface area contributed by atoms with Crippen molar-refractivity contribution in [3.63, 3.8) is 0 Å². The summed E-state index contributed by atoms with van der Waals surface area (Å²) in [6, 6.07) is 12.9. The Morgan fingerprint density at radius 3 is 3.05 bits per heavy atom. The number of nitrogens with zero attached hydrogens (tertiary/aromatic N) is 1. The van der Waals surface area contributed by atoms with Gasteiger partial charge in [0.25, 0.3) is 0 Å². The lowest BCUT2D eigenvalue weighted by Gasteiger charge is -2.22. The first-order valence-corrected chi connectivity index (χ1v) is 7.33. The molecule has 0 bridgehead atoms. The normalized spacial score (nSPS) is 15.2. The van der Waals surface area contributed by atoms with Gasteiger partial charge in [-0.2, -0.15) is 0 Å². The summed E-state index contributed by atoms with van der Waals surface area (Å²) in [5, 5.41) is 7.10. The third-order valence-electron chi connectivity index (χ3n) is 3.89. The van der Waals surface area contributed by atoms with Crippen LogP contribution in [0.15, 0.2) is 42.6 Å². The van der Waals surface area contributed by atoms with Crippen LogP contribution in [0.1, 0.15) is 36.2 Å². The predicted octanol–water partition coefficient (Wildman–Crippen LogP) is 3.29. The third-order valence-corrected chi connectivity index (χ3v) is 3.89. The molecule has 0 fully saturated rings. The minimum atomic E-state index is 0.260. The van der Waals surface area contributed by atoms with Crippen LogP contribution in [0.3, 0.4) is 0 Å². The second kappa shape index (κ2) is 6.06. The molecule has 1 aliphatic rings. The number of anilines is 1. The van der Waals surface area contributed by atoms with E-state index in [4.69, 9.17) is 0 Å². The Labute approximate surface area is 120 Å². The molecule has 104 valence electrons. The molecule has 1 aliphatic heterocycles. The molecule has 0 spiro atoms. The van der Waals surface area contributed by atoms with Gasteiger partial charge in [-0.3, -0.25) is 4.98 Å². The molecule has 3 heteroatoms. The number of rotatable bonds is 4. The van der Waals surface area contributed by atoms with Crippen LogP contribution in [-0.4, -0.2) is 11.5 Å². The Bertz CT molecular complexity index is 566. The Morgan fingerprint density at radius 2 is 2.20 bits per heavy atom. The number of aromatic nitrogens is 1. The topological polar surface area (TPSA) is 37.0 Å². The van der Waals surface area contributed by atoms with Gasteiger partial charge in [-0.05, 0) is 43.0 Å². The van der Waals surface area contributed by atoms with Crippen LogP contribution in [0.2, 0.25) is 0 Å². The van der Waals surface area contributed by atoms with Gasteiger partial charge in [-0.1, -0.05) is 24.3 Å². The van der Waals surface area contributed by atoms with E-state index < -0.39 is 0 Å². The molecular formula is C17H21N3. The van der Waals surface area contributed by atoms with Crippen LogP contribution >= 0.6 is 0 Å². The highest BCUT2D eigenvalue weighted by Gasteiger charge is 2.13. The molecule has 0 unspecified atom stereocenters. The molecular weight excluding hydrogens is 246 g/mol. The fraction of sp³-hybridized carbons (Fsp3) is 0.353. The highest BCUT2D eigenvalue weighted by molar-refractivity contribution is 5.59. The first-order valence-electron chi connectivity index (χ1n) is 7.33. The first-order chi connectivity index (χ1) is 9.84. The molecule has 0 radical (unpaired) electrons. The molecule has 0 saturated carbocycles. The van der Waals surface area contributed by atoms with Gasteiger partial charge in [0, 0.05) is 31.0 Å². The van der Waals surface area contributed by atoms with Crippen LogP contribution in [0, 0.1) is 0 Å². The monoisotopic (exact) mass is 267 g/mol. The van der Waals surface area contributed by atoms with Gasteiger partial charge in [-0.15, -0.1) is 0 Å². The number of nitrogens with one attached hydrogen (secondary N) is 2. The van der Waals surface area contributed by atoms with Crippen molar-refractivity contribution in [1.29, 1.82) is 0 Å². The van der Waals surface area contributed by atoms with Gasteiger partial charge < -0.3 is 10.6 Å². The Balaban J connectivity index is 1.70. The molecule has 1 aromatic heterocycles. The van der Waals surface area contributed by atoms with Crippen LogP contribution in [0.25, 0.3) is 0 Å². The summed E-state index contributed by atoms with van der Waals surface area (Å²) in [5.41, 5.74) is 5.22. The third kappa shape index (κ3) is 2.83. The highest BCUT2D eigenvalue weighted by Crippen LogP contribution is 2.26. The van der Waals surface area contributed by atoms with Crippen molar-refractivity contribution in [2.24, 2.45) is 0 Å². The number of benzene rings is 1. The van der Waals surface area contributed by atoms with Crippen molar-refractivity contribution in [2.45, 2.75) is 32.4 Å². The first kappa shape index (κ1) is 13.1. The minimum Gasteiger partial charge on any atom is -0.385 e. The lowest BCUT2D eigenvalue weighted by molar-refractivity contribution is 0.561. The zero-order chi connectivity index (χ0) is 13.8. The molecule has 20 heavy (non-hydrogen) atoms. The number of hydrogen-bond donors (Lipinski definition) is 2. The molecule has 0 aliphatic carbocycles. The van der Waals surface area contributed by atoms with E-state index in [1.54, 1.807) is 0 Å². The average Bonchev–Trinajstić information content (AvgIpc) is 2.53. The van der Waals surface area contributed by atoms with Crippen LogP contribution < -0.4 is 10.6 Å². The van der Waals surface area contributed by atoms with Crippen molar-refractivity contribution in [3.05, 3.63) is 59.4 Å². The van der Waals surface area contributed by atoms with E-state index in [-0.39, 0.29) is 6.04 Å². The molecule has 0 saturated heterocycles. The molecule has 0 amide bonds. The van der Waals surface area contributed by atoms with E-state index in [0.717, 1.165) is 18.8 Å². The maximum Gasteiger partial charge on any atom is 0.0570 e. The second-order valence-electron chi connectivity index (χ2n) is 5.34. The van der Waals surface area contributed by atoms with Gasteiger partial charge >= 0.3 is 0 Å². The summed E-state index contributed by atoms with van der Waals surface area (Å²) in [7, 11) is 0. The molecule has 3 rings (SSSR count). The van der Waals surface area contributed by atoms with Gasteiger partial charge in [-0.25, -0.2) is 0 Å². The summed E-state index contributed by atoms with van der Waals surface area (Å²) in [5.74, 6) is 0. The summed E-state index contributed by atoms with van der Waals surface area (Å²) < 4.78 is 0. The fourth-order valence-corrected chi connectivity index (χ4v) is 2.73.